The Morgan fingerprint density at radius 3 is 2.33 bits per heavy atom. The van der Waals surface area contributed by atoms with Gasteiger partial charge in [-0.1, -0.05) is 24.3 Å². The van der Waals surface area contributed by atoms with Crippen LogP contribution in [0.25, 0.3) is 0 Å². The molecule has 2 aromatic rings. The van der Waals surface area contributed by atoms with Gasteiger partial charge in [0.05, 0.1) is 18.0 Å². The molecule has 0 atom stereocenters. The first-order chi connectivity index (χ1) is 9.89. The van der Waals surface area contributed by atoms with E-state index in [4.69, 9.17) is 5.11 Å². The minimum absolute atomic E-state index is 0.0957. The number of hydrogen-bond acceptors (Lipinski definition) is 3. The summed E-state index contributed by atoms with van der Waals surface area (Å²) in [6, 6.07) is 10.3. The Morgan fingerprint density at radius 2 is 1.71 bits per heavy atom. The van der Waals surface area contributed by atoms with Crippen molar-refractivity contribution in [2.24, 2.45) is 0 Å². The van der Waals surface area contributed by atoms with Crippen molar-refractivity contribution in [1.82, 2.24) is 0 Å². The lowest BCUT2D eigenvalue weighted by Crippen LogP contribution is -2.15. The molecule has 112 valence electrons. The molecule has 0 amide bonds. The second-order valence-corrected chi connectivity index (χ2v) is 7.04. The van der Waals surface area contributed by atoms with Gasteiger partial charge in [-0.3, -0.25) is 4.72 Å². The fraction of sp³-hybridized carbons (Fsp3) is 0.143. The summed E-state index contributed by atoms with van der Waals surface area (Å²) in [6.45, 7) is -0.0957. The molecule has 7 heteroatoms. The van der Waals surface area contributed by atoms with Gasteiger partial charge in [0.1, 0.15) is 5.82 Å². The van der Waals surface area contributed by atoms with Crippen LogP contribution in [-0.4, -0.2) is 13.5 Å². The number of nitrogens with one attached hydrogen (secondary N) is 1. The molecule has 0 spiro atoms. The molecule has 0 aliphatic heterocycles. The van der Waals surface area contributed by atoms with E-state index in [0.717, 1.165) is 6.07 Å². The van der Waals surface area contributed by atoms with E-state index in [0.29, 0.717) is 15.6 Å². The normalized spacial score (nSPS) is 11.4. The van der Waals surface area contributed by atoms with Crippen LogP contribution in [0.1, 0.15) is 11.1 Å². The molecular weight excluding hydrogens is 361 g/mol. The molecule has 0 aliphatic carbocycles. The summed E-state index contributed by atoms with van der Waals surface area (Å²) in [5, 5.41) is 8.94. The maximum atomic E-state index is 13.2. The third-order valence-electron chi connectivity index (χ3n) is 2.76. The van der Waals surface area contributed by atoms with Crippen LogP contribution in [0.15, 0.2) is 46.9 Å². The number of sulfonamides is 1. The SMILES string of the molecule is O=S(=O)(Cc1ccc(CO)cc1)Nc1cc(F)ccc1Br. The van der Waals surface area contributed by atoms with Crippen molar-refractivity contribution in [3.8, 4) is 0 Å². The average Bonchev–Trinajstić information content (AvgIpc) is 2.43. The summed E-state index contributed by atoms with van der Waals surface area (Å²) in [5.41, 5.74) is 1.44. The molecule has 0 unspecified atom stereocenters. The zero-order chi connectivity index (χ0) is 15.5. The predicted molar refractivity (Wildman–Crippen MR) is 82.7 cm³/mol. The Labute approximate surface area is 130 Å². The van der Waals surface area contributed by atoms with Crippen LogP contribution in [0, 0.1) is 5.82 Å². The van der Waals surface area contributed by atoms with Gasteiger partial charge in [-0.05, 0) is 45.3 Å². The zero-order valence-electron chi connectivity index (χ0n) is 10.9. The van der Waals surface area contributed by atoms with Crippen LogP contribution in [-0.2, 0) is 22.4 Å². The van der Waals surface area contributed by atoms with Gasteiger partial charge >= 0.3 is 0 Å². The molecule has 0 saturated carbocycles. The number of aliphatic hydroxyl groups is 1. The minimum atomic E-state index is -3.66. The molecule has 2 rings (SSSR count). The molecule has 0 radical (unpaired) electrons. The lowest BCUT2D eigenvalue weighted by atomic mass is 10.2. The van der Waals surface area contributed by atoms with Crippen molar-refractivity contribution < 1.29 is 17.9 Å². The second kappa shape index (κ2) is 6.55. The highest BCUT2D eigenvalue weighted by Gasteiger charge is 2.14. The highest BCUT2D eigenvalue weighted by molar-refractivity contribution is 9.10. The Balaban J connectivity index is 2.16. The lowest BCUT2D eigenvalue weighted by Gasteiger charge is -2.10. The molecule has 2 N–H and O–H groups in total. The Kier molecular flexibility index (Phi) is 4.97. The van der Waals surface area contributed by atoms with E-state index in [2.05, 4.69) is 20.7 Å². The summed E-state index contributed by atoms with van der Waals surface area (Å²) in [6.07, 6.45) is 0. The van der Waals surface area contributed by atoms with Gasteiger partial charge in [0.25, 0.3) is 0 Å². The summed E-state index contributed by atoms with van der Waals surface area (Å²) < 4.78 is 40.1. The molecule has 21 heavy (non-hydrogen) atoms. The fourth-order valence-electron chi connectivity index (χ4n) is 1.74. The second-order valence-electron chi connectivity index (χ2n) is 4.46. The molecule has 0 aliphatic rings. The van der Waals surface area contributed by atoms with E-state index in [1.165, 1.54) is 12.1 Å². The van der Waals surface area contributed by atoms with Crippen LogP contribution in [0.3, 0.4) is 0 Å². The maximum absolute atomic E-state index is 13.2. The van der Waals surface area contributed by atoms with E-state index in [1.54, 1.807) is 24.3 Å². The zero-order valence-corrected chi connectivity index (χ0v) is 13.3. The maximum Gasteiger partial charge on any atom is 0.236 e. The topological polar surface area (TPSA) is 66.4 Å². The van der Waals surface area contributed by atoms with Crippen LogP contribution >= 0.6 is 15.9 Å². The van der Waals surface area contributed by atoms with Crippen LogP contribution in [0.5, 0.6) is 0 Å². The molecule has 0 fully saturated rings. The van der Waals surface area contributed by atoms with Crippen molar-refractivity contribution in [2.75, 3.05) is 4.72 Å². The van der Waals surface area contributed by atoms with Crippen molar-refractivity contribution in [3.05, 3.63) is 63.9 Å². The summed E-state index contributed by atoms with van der Waals surface area (Å²) in [7, 11) is -3.66. The number of aliphatic hydroxyl groups excluding tert-OH is 1. The number of anilines is 1. The van der Waals surface area contributed by atoms with E-state index >= 15 is 0 Å². The molecular formula is C14H13BrFNO3S. The smallest absolute Gasteiger partial charge is 0.236 e. The number of halogens is 2. The number of rotatable bonds is 5. The van der Waals surface area contributed by atoms with E-state index in [1.807, 2.05) is 0 Å². The number of benzene rings is 2. The van der Waals surface area contributed by atoms with Gasteiger partial charge in [0.15, 0.2) is 0 Å². The molecule has 0 aromatic heterocycles. The monoisotopic (exact) mass is 373 g/mol. The van der Waals surface area contributed by atoms with Crippen molar-refractivity contribution in [2.45, 2.75) is 12.4 Å². The molecule has 0 saturated heterocycles. The molecule has 2 aromatic carbocycles. The summed E-state index contributed by atoms with van der Waals surface area (Å²) >= 11 is 3.17. The van der Waals surface area contributed by atoms with Crippen LogP contribution < -0.4 is 4.72 Å². The third-order valence-corrected chi connectivity index (χ3v) is 4.69. The molecule has 0 bridgehead atoms. The molecule has 4 nitrogen and oxygen atoms in total. The molecule has 0 heterocycles. The van der Waals surface area contributed by atoms with Gasteiger partial charge in [-0.25, -0.2) is 12.8 Å². The van der Waals surface area contributed by atoms with Crippen LogP contribution in [0.2, 0.25) is 0 Å². The van der Waals surface area contributed by atoms with Gasteiger partial charge in [-0.15, -0.1) is 0 Å². The Hall–Kier alpha value is -1.44. The van der Waals surface area contributed by atoms with E-state index in [9.17, 15) is 12.8 Å². The van der Waals surface area contributed by atoms with Crippen molar-refractivity contribution >= 4 is 31.6 Å². The average molecular weight is 374 g/mol. The van der Waals surface area contributed by atoms with Crippen molar-refractivity contribution in [1.29, 1.82) is 0 Å². The summed E-state index contributed by atoms with van der Waals surface area (Å²) in [5.74, 6) is -0.759. The van der Waals surface area contributed by atoms with E-state index < -0.39 is 15.8 Å². The predicted octanol–water partition coefficient (Wildman–Crippen LogP) is 3.02. The van der Waals surface area contributed by atoms with Gasteiger partial charge in [-0.2, -0.15) is 0 Å². The Morgan fingerprint density at radius 1 is 1.10 bits per heavy atom. The lowest BCUT2D eigenvalue weighted by molar-refractivity contribution is 0.282. The highest BCUT2D eigenvalue weighted by atomic mass is 79.9. The minimum Gasteiger partial charge on any atom is -0.392 e. The largest absolute Gasteiger partial charge is 0.392 e. The Bertz CT molecular complexity index is 732. The third kappa shape index (κ3) is 4.52. The van der Waals surface area contributed by atoms with Gasteiger partial charge in [0, 0.05) is 4.47 Å². The van der Waals surface area contributed by atoms with Gasteiger partial charge < -0.3 is 5.11 Å². The number of hydrogen-bond donors (Lipinski definition) is 2. The first-order valence-electron chi connectivity index (χ1n) is 6.04. The van der Waals surface area contributed by atoms with Gasteiger partial charge in [0.2, 0.25) is 10.0 Å². The standard InChI is InChI=1S/C14H13BrFNO3S/c15-13-6-5-12(16)7-14(13)17-21(19,20)9-11-3-1-10(8-18)2-4-11/h1-7,17-18H,8-9H2. The highest BCUT2D eigenvalue weighted by Crippen LogP contribution is 2.24. The van der Waals surface area contributed by atoms with Crippen LogP contribution in [0.4, 0.5) is 10.1 Å². The first-order valence-corrected chi connectivity index (χ1v) is 8.48. The summed E-state index contributed by atoms with van der Waals surface area (Å²) in [4.78, 5) is 0. The first kappa shape index (κ1) is 15.9. The van der Waals surface area contributed by atoms with Crippen molar-refractivity contribution in [3.63, 3.8) is 0 Å². The van der Waals surface area contributed by atoms with E-state index in [-0.39, 0.29) is 18.0 Å². The fourth-order valence-corrected chi connectivity index (χ4v) is 3.42. The quantitative estimate of drug-likeness (QED) is 0.846.